The Labute approximate surface area is 174 Å². The number of aryl methyl sites for hydroxylation is 1. The summed E-state index contributed by atoms with van der Waals surface area (Å²) in [5.74, 6) is 0.920. The highest BCUT2D eigenvalue weighted by Crippen LogP contribution is 2.31. The van der Waals surface area contributed by atoms with Gasteiger partial charge in [-0.15, -0.1) is 0 Å². The lowest BCUT2D eigenvalue weighted by Crippen LogP contribution is -2.31. The van der Waals surface area contributed by atoms with Crippen LogP contribution in [-0.2, 0) is 19.3 Å². The molecule has 2 heterocycles. The Bertz CT molecular complexity index is 977. The molecular formula is C23H26F3N3O. The summed E-state index contributed by atoms with van der Waals surface area (Å²) in [4.78, 5) is 7.17. The minimum absolute atomic E-state index is 0.125. The fraction of sp³-hybridized carbons (Fsp3) is 0.435. The molecule has 4 nitrogen and oxygen atoms in total. The molecule has 0 saturated carbocycles. The van der Waals surface area contributed by atoms with E-state index in [4.69, 9.17) is 4.74 Å². The number of aromatic nitrogens is 2. The van der Waals surface area contributed by atoms with Crippen molar-refractivity contribution in [2.24, 2.45) is 0 Å². The smallest absolute Gasteiger partial charge is 0.416 e. The van der Waals surface area contributed by atoms with Gasteiger partial charge in [-0.05, 0) is 69.2 Å². The van der Waals surface area contributed by atoms with Crippen LogP contribution in [0.4, 0.5) is 13.2 Å². The molecule has 3 aromatic rings. The number of hydrogen-bond acceptors (Lipinski definition) is 3. The lowest BCUT2D eigenvalue weighted by Gasteiger charge is -2.26. The summed E-state index contributed by atoms with van der Waals surface area (Å²) in [5, 5.41) is 0. The van der Waals surface area contributed by atoms with Gasteiger partial charge >= 0.3 is 6.18 Å². The summed E-state index contributed by atoms with van der Waals surface area (Å²) in [5.41, 5.74) is 1.19. The van der Waals surface area contributed by atoms with Gasteiger partial charge in [-0.25, -0.2) is 4.98 Å². The average molecular weight is 417 g/mol. The molecular weight excluding hydrogens is 391 g/mol. The number of piperidine rings is 1. The van der Waals surface area contributed by atoms with E-state index in [2.05, 4.69) is 14.5 Å². The number of alkyl halides is 3. The van der Waals surface area contributed by atoms with E-state index in [1.54, 1.807) is 6.07 Å². The van der Waals surface area contributed by atoms with Gasteiger partial charge < -0.3 is 14.2 Å². The summed E-state index contributed by atoms with van der Waals surface area (Å²) in [6, 6.07) is 12.9. The average Bonchev–Trinajstić information content (AvgIpc) is 3.10. The van der Waals surface area contributed by atoms with E-state index in [9.17, 15) is 13.2 Å². The van der Waals surface area contributed by atoms with E-state index in [1.165, 1.54) is 25.3 Å². The maximum Gasteiger partial charge on any atom is 0.416 e. The van der Waals surface area contributed by atoms with Gasteiger partial charge in [0, 0.05) is 6.54 Å². The van der Waals surface area contributed by atoms with Gasteiger partial charge in [0.25, 0.3) is 0 Å². The highest BCUT2D eigenvalue weighted by atomic mass is 19.4. The van der Waals surface area contributed by atoms with Crippen LogP contribution in [0, 0.1) is 0 Å². The summed E-state index contributed by atoms with van der Waals surface area (Å²) < 4.78 is 46.7. The maximum absolute atomic E-state index is 13.0. The first-order valence-corrected chi connectivity index (χ1v) is 10.5. The van der Waals surface area contributed by atoms with Crippen LogP contribution in [0.5, 0.6) is 5.75 Å². The summed E-state index contributed by atoms with van der Waals surface area (Å²) in [6.07, 6.45) is 0.464. The third kappa shape index (κ3) is 4.95. The molecule has 0 amide bonds. The molecule has 0 N–H and O–H groups in total. The van der Waals surface area contributed by atoms with Crippen molar-refractivity contribution >= 4 is 11.0 Å². The number of fused-ring (bicyclic) bond motifs is 1. The van der Waals surface area contributed by atoms with Gasteiger partial charge in [-0.3, -0.25) is 0 Å². The van der Waals surface area contributed by atoms with E-state index in [0.717, 1.165) is 61.6 Å². The normalized spacial score (nSPS) is 15.6. The topological polar surface area (TPSA) is 30.3 Å². The Kier molecular flexibility index (Phi) is 6.27. The molecule has 0 bridgehead atoms. The van der Waals surface area contributed by atoms with E-state index in [1.807, 2.05) is 24.3 Å². The Morgan fingerprint density at radius 3 is 2.53 bits per heavy atom. The highest BCUT2D eigenvalue weighted by Gasteiger charge is 2.30. The lowest BCUT2D eigenvalue weighted by atomic mass is 10.1. The number of benzene rings is 2. The molecule has 4 rings (SSSR count). The molecule has 7 heteroatoms. The molecule has 0 unspecified atom stereocenters. The van der Waals surface area contributed by atoms with Crippen LogP contribution in [0.25, 0.3) is 11.0 Å². The third-order valence-corrected chi connectivity index (χ3v) is 5.57. The number of ether oxygens (including phenoxy) is 1. The molecule has 30 heavy (non-hydrogen) atoms. The number of para-hydroxylation sites is 2. The Hall–Kier alpha value is -2.54. The number of nitrogens with zero attached hydrogens (tertiary/aromatic N) is 3. The second-order valence-electron chi connectivity index (χ2n) is 7.74. The first-order chi connectivity index (χ1) is 14.5. The largest absolute Gasteiger partial charge is 0.486 e. The van der Waals surface area contributed by atoms with Crippen molar-refractivity contribution in [1.82, 2.24) is 14.5 Å². The van der Waals surface area contributed by atoms with Crippen molar-refractivity contribution in [3.8, 4) is 5.75 Å². The van der Waals surface area contributed by atoms with Crippen LogP contribution in [0.15, 0.2) is 48.5 Å². The van der Waals surface area contributed by atoms with Gasteiger partial charge in [-0.1, -0.05) is 24.6 Å². The molecule has 0 atom stereocenters. The van der Waals surface area contributed by atoms with Crippen molar-refractivity contribution in [2.75, 3.05) is 19.6 Å². The standard InChI is InChI=1S/C23H26F3N3O/c24-23(25,26)18-8-6-9-19(16-18)30-17-22-27-20-10-2-3-11-21(20)29(22)15-7-14-28-12-4-1-5-13-28/h2-3,6,8-11,16H,1,4-5,7,12-15,17H2. The molecule has 0 aliphatic carbocycles. The van der Waals surface area contributed by atoms with Crippen LogP contribution in [0.3, 0.4) is 0 Å². The monoisotopic (exact) mass is 417 g/mol. The highest BCUT2D eigenvalue weighted by molar-refractivity contribution is 5.75. The van der Waals surface area contributed by atoms with Gasteiger partial charge in [0.15, 0.2) is 0 Å². The van der Waals surface area contributed by atoms with E-state index in [0.29, 0.717) is 0 Å². The third-order valence-electron chi connectivity index (χ3n) is 5.57. The predicted molar refractivity (Wildman–Crippen MR) is 110 cm³/mol. The lowest BCUT2D eigenvalue weighted by molar-refractivity contribution is -0.137. The fourth-order valence-corrected chi connectivity index (χ4v) is 4.03. The number of likely N-dealkylation sites (tertiary alicyclic amines) is 1. The second kappa shape index (κ2) is 9.08. The number of halogens is 3. The first-order valence-electron chi connectivity index (χ1n) is 10.5. The van der Waals surface area contributed by atoms with E-state index in [-0.39, 0.29) is 12.4 Å². The molecule has 2 aromatic carbocycles. The second-order valence-corrected chi connectivity index (χ2v) is 7.74. The minimum atomic E-state index is -4.39. The van der Waals surface area contributed by atoms with Crippen LogP contribution in [0.2, 0.25) is 0 Å². The summed E-state index contributed by atoms with van der Waals surface area (Å²) in [7, 11) is 0. The molecule has 1 aliphatic rings. The summed E-state index contributed by atoms with van der Waals surface area (Å²) >= 11 is 0. The van der Waals surface area contributed by atoms with Crippen LogP contribution in [-0.4, -0.2) is 34.1 Å². The maximum atomic E-state index is 13.0. The van der Waals surface area contributed by atoms with Crippen LogP contribution >= 0.6 is 0 Å². The van der Waals surface area contributed by atoms with E-state index < -0.39 is 11.7 Å². The van der Waals surface area contributed by atoms with Crippen LogP contribution in [0.1, 0.15) is 37.1 Å². The fourth-order valence-electron chi connectivity index (χ4n) is 4.03. The van der Waals surface area contributed by atoms with Crippen molar-refractivity contribution in [3.05, 3.63) is 59.9 Å². The Morgan fingerprint density at radius 1 is 0.933 bits per heavy atom. The Balaban J connectivity index is 1.47. The quantitative estimate of drug-likeness (QED) is 0.508. The zero-order valence-corrected chi connectivity index (χ0v) is 16.9. The zero-order chi connectivity index (χ0) is 21.0. The van der Waals surface area contributed by atoms with Gasteiger partial charge in [0.1, 0.15) is 18.2 Å². The van der Waals surface area contributed by atoms with Crippen molar-refractivity contribution in [3.63, 3.8) is 0 Å². The Morgan fingerprint density at radius 2 is 1.73 bits per heavy atom. The molecule has 0 spiro atoms. The van der Waals surface area contributed by atoms with Gasteiger partial charge in [-0.2, -0.15) is 13.2 Å². The minimum Gasteiger partial charge on any atom is -0.486 e. The SMILES string of the molecule is FC(F)(F)c1cccc(OCc2nc3ccccc3n2CCCN2CCCCC2)c1. The number of imidazole rings is 1. The van der Waals surface area contributed by atoms with Crippen molar-refractivity contribution in [2.45, 2.75) is 45.0 Å². The summed E-state index contributed by atoms with van der Waals surface area (Å²) in [6.45, 7) is 4.30. The molecule has 1 saturated heterocycles. The van der Waals surface area contributed by atoms with E-state index >= 15 is 0 Å². The van der Waals surface area contributed by atoms with Crippen LogP contribution < -0.4 is 4.74 Å². The molecule has 1 fully saturated rings. The predicted octanol–water partition coefficient (Wildman–Crippen LogP) is 5.51. The first kappa shape index (κ1) is 20.7. The van der Waals surface area contributed by atoms with Gasteiger partial charge in [0.05, 0.1) is 16.6 Å². The van der Waals surface area contributed by atoms with Gasteiger partial charge in [0.2, 0.25) is 0 Å². The molecule has 1 aromatic heterocycles. The van der Waals surface area contributed by atoms with Crippen molar-refractivity contribution < 1.29 is 17.9 Å². The number of hydrogen-bond donors (Lipinski definition) is 0. The molecule has 0 radical (unpaired) electrons. The van der Waals surface area contributed by atoms with Crippen molar-refractivity contribution in [1.29, 1.82) is 0 Å². The number of rotatable bonds is 7. The zero-order valence-electron chi connectivity index (χ0n) is 16.9. The molecule has 160 valence electrons. The molecule has 1 aliphatic heterocycles.